The summed E-state index contributed by atoms with van der Waals surface area (Å²) < 4.78 is 1.38. The highest BCUT2D eigenvalue weighted by Gasteiger charge is 2.48. The number of hydrogen-bond donors (Lipinski definition) is 0. The molecule has 0 amide bonds. The summed E-state index contributed by atoms with van der Waals surface area (Å²) in [5, 5.41) is 1.34. The summed E-state index contributed by atoms with van der Waals surface area (Å²) in [6, 6.07) is 35.3. The van der Waals surface area contributed by atoms with Crippen molar-refractivity contribution in [2.45, 2.75) is 181 Å². The predicted octanol–water partition coefficient (Wildman–Crippen LogP) is 15.6. The van der Waals surface area contributed by atoms with Crippen molar-refractivity contribution in [2.75, 3.05) is 9.80 Å². The molecule has 6 aromatic rings. The van der Waals surface area contributed by atoms with Crippen molar-refractivity contribution in [3.8, 4) is 0 Å². The van der Waals surface area contributed by atoms with E-state index in [1.54, 1.807) is 0 Å². The molecule has 2 aliphatic carbocycles. The lowest BCUT2D eigenvalue weighted by Gasteiger charge is -2.48. The normalized spacial score (nSPS) is 19.2. The molecule has 0 saturated carbocycles. The smallest absolute Gasteiger partial charge is 0.252 e. The van der Waals surface area contributed by atoms with Gasteiger partial charge in [0.25, 0.3) is 6.71 Å². The van der Waals surface area contributed by atoms with Crippen LogP contribution in [0.2, 0.25) is 0 Å². The van der Waals surface area contributed by atoms with Crippen LogP contribution in [-0.2, 0) is 37.9 Å². The minimum Gasteiger partial charge on any atom is -0.311 e. The fourth-order valence-corrected chi connectivity index (χ4v) is 12.9. The topological polar surface area (TPSA) is 6.48 Å². The molecule has 2 aliphatic heterocycles. The van der Waals surface area contributed by atoms with Gasteiger partial charge in [-0.05, 0) is 179 Å². The molecule has 0 unspecified atom stereocenters. The third kappa shape index (κ3) is 6.68. The largest absolute Gasteiger partial charge is 0.311 e. The number of rotatable bonds is 2. The van der Waals surface area contributed by atoms with Crippen LogP contribution < -0.4 is 26.2 Å². The fraction of sp³-hybridized carbons (Fsp3) is 0.467. The monoisotopic (exact) mass is 865 g/mol. The minimum atomic E-state index is -0.0856. The summed E-state index contributed by atoms with van der Waals surface area (Å²) in [5.74, 6) is 0. The molecule has 64 heavy (non-hydrogen) atoms. The second-order valence-electron chi connectivity index (χ2n) is 26.1. The highest BCUT2D eigenvalue weighted by Crippen LogP contribution is 2.53. The zero-order valence-corrected chi connectivity index (χ0v) is 43.1. The maximum Gasteiger partial charge on any atom is 0.252 e. The number of nitrogens with zero attached hydrogens (tertiary/aromatic N) is 2. The molecule has 4 aliphatic rings. The highest BCUT2D eigenvalue weighted by atomic mass is 32.1. The molecule has 5 aromatic carbocycles. The second kappa shape index (κ2) is 13.7. The van der Waals surface area contributed by atoms with Crippen LogP contribution in [0.3, 0.4) is 0 Å². The third-order valence-electron chi connectivity index (χ3n) is 16.4. The molecule has 0 N–H and O–H groups in total. The molecular formula is C60H73BN2S. The van der Waals surface area contributed by atoms with Crippen molar-refractivity contribution in [1.82, 2.24) is 0 Å². The molecule has 0 saturated heterocycles. The highest BCUT2D eigenvalue weighted by molar-refractivity contribution is 7.19. The zero-order valence-electron chi connectivity index (χ0n) is 42.3. The fourth-order valence-electron chi connectivity index (χ4n) is 11.8. The van der Waals surface area contributed by atoms with E-state index in [4.69, 9.17) is 0 Å². The Kier molecular flexibility index (Phi) is 9.30. The van der Waals surface area contributed by atoms with Crippen LogP contribution in [-0.4, -0.2) is 6.71 Å². The van der Waals surface area contributed by atoms with Gasteiger partial charge in [-0.15, -0.1) is 11.3 Å². The minimum absolute atomic E-state index is 0.0608. The Balaban J connectivity index is 1.36. The van der Waals surface area contributed by atoms with Gasteiger partial charge in [-0.2, -0.15) is 0 Å². The van der Waals surface area contributed by atoms with Crippen molar-refractivity contribution in [3.63, 3.8) is 0 Å². The second-order valence-corrected chi connectivity index (χ2v) is 27.2. The van der Waals surface area contributed by atoms with Crippen molar-refractivity contribution in [1.29, 1.82) is 0 Å². The van der Waals surface area contributed by atoms with Crippen molar-refractivity contribution >= 4 is 78.6 Å². The number of hydrogen-bond acceptors (Lipinski definition) is 3. The summed E-state index contributed by atoms with van der Waals surface area (Å²) in [5.41, 5.74) is 21.2. The number of thiophene rings is 1. The van der Waals surface area contributed by atoms with Crippen LogP contribution in [0.4, 0.5) is 34.1 Å². The molecule has 3 heterocycles. The van der Waals surface area contributed by atoms with E-state index in [2.05, 4.69) is 212 Å². The van der Waals surface area contributed by atoms with Gasteiger partial charge in [-0.25, -0.2) is 0 Å². The van der Waals surface area contributed by atoms with Crippen LogP contribution in [0, 0.1) is 0 Å². The van der Waals surface area contributed by atoms with Crippen LogP contribution in [0.25, 0.3) is 10.1 Å². The first-order valence-electron chi connectivity index (χ1n) is 24.4. The molecule has 0 radical (unpaired) electrons. The quantitative estimate of drug-likeness (QED) is 0.160. The third-order valence-corrected chi connectivity index (χ3v) is 17.9. The molecular weight excluding hydrogens is 792 g/mol. The molecule has 0 spiro atoms. The van der Waals surface area contributed by atoms with E-state index in [1.165, 1.54) is 125 Å². The van der Waals surface area contributed by atoms with Gasteiger partial charge in [0, 0.05) is 43.7 Å². The Morgan fingerprint density at radius 2 is 0.906 bits per heavy atom. The van der Waals surface area contributed by atoms with Gasteiger partial charge in [0.05, 0.1) is 0 Å². The van der Waals surface area contributed by atoms with E-state index in [9.17, 15) is 0 Å². The molecule has 0 fully saturated rings. The molecule has 10 rings (SSSR count). The summed E-state index contributed by atoms with van der Waals surface area (Å²) in [6.07, 6.45) is 4.77. The summed E-state index contributed by atoms with van der Waals surface area (Å²) in [7, 11) is 0. The first-order chi connectivity index (χ1) is 29.6. The van der Waals surface area contributed by atoms with Gasteiger partial charge >= 0.3 is 0 Å². The first-order valence-corrected chi connectivity index (χ1v) is 25.2. The SMILES string of the molecule is CC(C)(C)c1ccc(N2c3cc4cc(C(C)(C)C)sc4cc3B3c4cc5c(cc4N(c4ccc6c(c4)C(C)(C)CCC6(C)C)c4cc(C(C)(C)C)cc2c43)C(C)(C)CCC5(C)C)cc1. The van der Waals surface area contributed by atoms with Gasteiger partial charge in [0.15, 0.2) is 0 Å². The Labute approximate surface area is 391 Å². The van der Waals surface area contributed by atoms with Gasteiger partial charge in [-0.3, -0.25) is 0 Å². The maximum atomic E-state index is 2.73. The van der Waals surface area contributed by atoms with Gasteiger partial charge in [0.1, 0.15) is 0 Å². The van der Waals surface area contributed by atoms with Crippen LogP contribution in [0.15, 0.2) is 84.9 Å². The van der Waals surface area contributed by atoms with E-state index in [1.807, 2.05) is 11.3 Å². The molecule has 1 aromatic heterocycles. The Bertz CT molecular complexity index is 2900. The molecule has 4 heteroatoms. The predicted molar refractivity (Wildman–Crippen MR) is 283 cm³/mol. The van der Waals surface area contributed by atoms with E-state index in [0.717, 1.165) is 0 Å². The van der Waals surface area contributed by atoms with Crippen LogP contribution >= 0.6 is 11.3 Å². The lowest BCUT2D eigenvalue weighted by Crippen LogP contribution is -2.62. The van der Waals surface area contributed by atoms with Crippen molar-refractivity contribution in [2.24, 2.45) is 0 Å². The van der Waals surface area contributed by atoms with Crippen LogP contribution in [0.1, 0.15) is 182 Å². The van der Waals surface area contributed by atoms with E-state index >= 15 is 0 Å². The van der Waals surface area contributed by atoms with E-state index < -0.39 is 0 Å². The number of fused-ring (bicyclic) bond motifs is 7. The van der Waals surface area contributed by atoms with E-state index in [0.29, 0.717) is 0 Å². The van der Waals surface area contributed by atoms with Crippen molar-refractivity contribution < 1.29 is 0 Å². The summed E-state index contributed by atoms with van der Waals surface area (Å²) >= 11 is 1.99. The van der Waals surface area contributed by atoms with Crippen molar-refractivity contribution in [3.05, 3.63) is 123 Å². The van der Waals surface area contributed by atoms with Crippen LogP contribution in [0.5, 0.6) is 0 Å². The average molecular weight is 865 g/mol. The Morgan fingerprint density at radius 3 is 1.45 bits per heavy atom. The number of benzene rings is 5. The average Bonchev–Trinajstić information content (AvgIpc) is 3.63. The maximum absolute atomic E-state index is 2.73. The van der Waals surface area contributed by atoms with Gasteiger partial charge in [0.2, 0.25) is 0 Å². The standard InChI is InChI=1S/C60H73BN2S/c1-54(2,3)37-18-20-39(21-19-37)62-47-28-36-29-52(56(7,8)9)64-51(36)35-46(47)61-45-33-43-44(60(16,17)27-26-59(43,14)15)34-48(45)63(50-31-38(55(4,5)6)30-49(62)53(50)61)40-22-23-41-42(32-40)58(12,13)25-24-57(41,10)11/h18-23,28-35H,24-27H2,1-17H3. The van der Waals surface area contributed by atoms with Gasteiger partial charge < -0.3 is 9.80 Å². The molecule has 332 valence electrons. The Morgan fingerprint density at radius 1 is 0.438 bits per heavy atom. The lowest BCUT2D eigenvalue weighted by molar-refractivity contribution is 0.332. The Hall–Kier alpha value is -4.28. The molecule has 0 bridgehead atoms. The van der Waals surface area contributed by atoms with E-state index in [-0.39, 0.29) is 44.6 Å². The molecule has 0 atom stereocenters. The first kappa shape index (κ1) is 43.6. The zero-order chi connectivity index (χ0) is 46.1. The lowest BCUT2D eigenvalue weighted by atomic mass is 9.33. The van der Waals surface area contributed by atoms with Gasteiger partial charge in [-0.1, -0.05) is 142 Å². The summed E-state index contributed by atoms with van der Waals surface area (Å²) in [4.78, 5) is 6.81. The number of anilines is 6. The molecule has 2 nitrogen and oxygen atoms in total. The summed E-state index contributed by atoms with van der Waals surface area (Å²) in [6.45, 7) is 41.1.